The van der Waals surface area contributed by atoms with Gasteiger partial charge in [-0.05, 0) is 29.8 Å². The fourth-order valence-electron chi connectivity index (χ4n) is 2.98. The van der Waals surface area contributed by atoms with Gasteiger partial charge in [0.05, 0.1) is 18.0 Å². The highest BCUT2D eigenvalue weighted by Crippen LogP contribution is 2.27. The van der Waals surface area contributed by atoms with Gasteiger partial charge in [0, 0.05) is 23.6 Å². The molecule has 0 saturated heterocycles. The maximum absolute atomic E-state index is 6.28. The van der Waals surface area contributed by atoms with E-state index in [4.69, 9.17) is 15.2 Å². The third-order valence-electron chi connectivity index (χ3n) is 4.56. The van der Waals surface area contributed by atoms with Crippen molar-refractivity contribution in [1.82, 2.24) is 0 Å². The molecular formula is C23H21N3O2. The van der Waals surface area contributed by atoms with Crippen molar-refractivity contribution < 1.29 is 9.47 Å². The Balaban J connectivity index is 1.75. The summed E-state index contributed by atoms with van der Waals surface area (Å²) in [7, 11) is 0. The molecule has 0 fully saturated rings. The predicted octanol–water partition coefficient (Wildman–Crippen LogP) is 5.36. The van der Waals surface area contributed by atoms with Gasteiger partial charge < -0.3 is 9.47 Å². The van der Waals surface area contributed by atoms with Gasteiger partial charge in [-0.15, -0.1) is 0 Å². The van der Waals surface area contributed by atoms with Crippen LogP contribution >= 0.6 is 0 Å². The van der Waals surface area contributed by atoms with E-state index in [2.05, 4.69) is 35.0 Å². The second-order valence-electron chi connectivity index (χ2n) is 6.74. The molecule has 0 amide bonds. The van der Waals surface area contributed by atoms with E-state index in [0.717, 1.165) is 22.6 Å². The molecule has 2 atom stereocenters. The Labute approximate surface area is 164 Å². The summed E-state index contributed by atoms with van der Waals surface area (Å²) < 4.78 is 11.9. The molecule has 1 aliphatic heterocycles. The highest BCUT2D eigenvalue weighted by atomic mass is 16.5. The number of benzene rings is 3. The number of ether oxygens (including phenoxy) is 2. The van der Waals surface area contributed by atoms with Crippen LogP contribution in [-0.2, 0) is 0 Å². The number of fused-ring (bicyclic) bond motifs is 6. The quantitative estimate of drug-likeness (QED) is 0.579. The number of nitrogens with two attached hydrogens (primary N) is 1. The van der Waals surface area contributed by atoms with Gasteiger partial charge in [0.1, 0.15) is 17.5 Å². The largest absolute Gasteiger partial charge is 0.493 e. The summed E-state index contributed by atoms with van der Waals surface area (Å²) in [5.74, 6) is 1.60. The Morgan fingerprint density at radius 3 is 2.29 bits per heavy atom. The average Bonchev–Trinajstić information content (AvgIpc) is 2.72. The summed E-state index contributed by atoms with van der Waals surface area (Å²) in [5, 5.41) is 0. The monoisotopic (exact) mass is 371 g/mol. The molecular weight excluding hydrogens is 350 g/mol. The summed E-state index contributed by atoms with van der Waals surface area (Å²) in [5.41, 5.74) is 9.76. The van der Waals surface area contributed by atoms with Crippen LogP contribution in [0.1, 0.15) is 30.2 Å². The molecule has 3 aromatic carbocycles. The van der Waals surface area contributed by atoms with Crippen LogP contribution in [0.5, 0.6) is 11.5 Å². The van der Waals surface area contributed by atoms with E-state index < -0.39 is 6.23 Å². The van der Waals surface area contributed by atoms with Crippen LogP contribution in [0.4, 0.5) is 11.4 Å². The zero-order chi connectivity index (χ0) is 19.3. The first-order valence-corrected chi connectivity index (χ1v) is 9.19. The molecule has 6 bridgehead atoms. The van der Waals surface area contributed by atoms with Gasteiger partial charge in [-0.2, -0.15) is 9.98 Å². The molecule has 1 aliphatic rings. The Hall–Kier alpha value is -3.40. The molecule has 0 spiro atoms. The molecule has 1 heterocycles. The third kappa shape index (κ3) is 4.29. The lowest BCUT2D eigenvalue weighted by Gasteiger charge is -2.18. The van der Waals surface area contributed by atoms with E-state index in [9.17, 15) is 0 Å². The number of aliphatic imine (C=N–C) groups is 2. The van der Waals surface area contributed by atoms with Gasteiger partial charge >= 0.3 is 0 Å². The second kappa shape index (κ2) is 8.09. The Kier molecular flexibility index (Phi) is 5.20. The van der Waals surface area contributed by atoms with Gasteiger partial charge in [0.2, 0.25) is 0 Å². The van der Waals surface area contributed by atoms with Crippen molar-refractivity contribution in [2.24, 2.45) is 15.7 Å². The van der Waals surface area contributed by atoms with Gasteiger partial charge in [-0.3, -0.25) is 5.73 Å². The lowest BCUT2D eigenvalue weighted by molar-refractivity contribution is 0.214. The summed E-state index contributed by atoms with van der Waals surface area (Å²) >= 11 is 0. The van der Waals surface area contributed by atoms with Gasteiger partial charge in [0.15, 0.2) is 6.23 Å². The van der Waals surface area contributed by atoms with Crippen LogP contribution in [0.2, 0.25) is 0 Å². The zero-order valence-electron chi connectivity index (χ0n) is 15.6. The molecule has 0 aromatic heterocycles. The molecule has 28 heavy (non-hydrogen) atoms. The smallest absolute Gasteiger partial charge is 0.174 e. The first-order valence-electron chi connectivity index (χ1n) is 9.19. The van der Waals surface area contributed by atoms with Gasteiger partial charge in [0.25, 0.3) is 0 Å². The summed E-state index contributed by atoms with van der Waals surface area (Å²) in [4.78, 5) is 8.53. The van der Waals surface area contributed by atoms with E-state index in [0.29, 0.717) is 18.0 Å². The van der Waals surface area contributed by atoms with Crippen LogP contribution in [0, 0.1) is 0 Å². The molecule has 0 aliphatic carbocycles. The summed E-state index contributed by atoms with van der Waals surface area (Å²) in [6.45, 7) is 2.67. The molecule has 5 nitrogen and oxygen atoms in total. The number of nitrogens with zero attached hydrogens (tertiary/aromatic N) is 2. The van der Waals surface area contributed by atoms with Crippen LogP contribution < -0.4 is 15.2 Å². The van der Waals surface area contributed by atoms with Crippen LogP contribution in [-0.4, -0.2) is 12.6 Å². The first-order chi connectivity index (χ1) is 13.7. The molecule has 2 unspecified atom stereocenters. The number of rotatable bonds is 0. The average molecular weight is 371 g/mol. The topological polar surface area (TPSA) is 69.2 Å². The Morgan fingerprint density at radius 1 is 0.857 bits per heavy atom. The van der Waals surface area contributed by atoms with Gasteiger partial charge in [-0.25, -0.2) is 0 Å². The molecule has 5 heteroatoms. The number of hydrogen-bond donors (Lipinski definition) is 1. The van der Waals surface area contributed by atoms with E-state index in [1.54, 1.807) is 0 Å². The van der Waals surface area contributed by atoms with Crippen molar-refractivity contribution in [2.75, 3.05) is 6.61 Å². The fraction of sp³-hybridized carbons (Fsp3) is 0.174. The maximum Gasteiger partial charge on any atom is 0.174 e. The number of hydrogen-bond acceptors (Lipinski definition) is 5. The van der Waals surface area contributed by atoms with Gasteiger partial charge in [-0.1, -0.05) is 43.3 Å². The normalized spacial score (nSPS) is 18.6. The molecule has 0 radical (unpaired) electrons. The van der Waals surface area contributed by atoms with Crippen LogP contribution in [0.15, 0.2) is 82.8 Å². The first kappa shape index (κ1) is 18.0. The minimum absolute atomic E-state index is 0.194. The van der Waals surface area contributed by atoms with Crippen molar-refractivity contribution in [1.29, 1.82) is 0 Å². The SMILES string of the molecule is CC1COc2cccc(c2)N=C=Nc2cccc(c2)OC(N)c2cccc1c2. The fourth-order valence-corrected chi connectivity index (χ4v) is 2.98. The van der Waals surface area contributed by atoms with Crippen molar-refractivity contribution in [3.05, 3.63) is 83.9 Å². The van der Waals surface area contributed by atoms with Crippen molar-refractivity contribution >= 4 is 17.4 Å². The van der Waals surface area contributed by atoms with Crippen LogP contribution in [0.25, 0.3) is 0 Å². The standard InChI is InChI=1S/C23H21N3O2/c1-16-14-27-21-9-3-7-19(12-21)25-15-26-20-8-4-10-22(13-20)28-23(24)18-6-2-5-17(16)11-18/h2-13,16,23H,14,24H2,1H3. The van der Waals surface area contributed by atoms with E-state index in [1.165, 1.54) is 0 Å². The zero-order valence-corrected chi connectivity index (χ0v) is 15.6. The van der Waals surface area contributed by atoms with E-state index in [-0.39, 0.29) is 5.92 Å². The van der Waals surface area contributed by atoms with Crippen LogP contribution in [0.3, 0.4) is 0 Å². The highest BCUT2D eigenvalue weighted by Gasteiger charge is 2.13. The molecule has 0 saturated carbocycles. The highest BCUT2D eigenvalue weighted by molar-refractivity contribution is 5.59. The molecule has 4 rings (SSSR count). The van der Waals surface area contributed by atoms with Crippen molar-refractivity contribution in [3.63, 3.8) is 0 Å². The Morgan fingerprint density at radius 2 is 1.50 bits per heavy atom. The van der Waals surface area contributed by atoms with E-state index >= 15 is 0 Å². The molecule has 140 valence electrons. The van der Waals surface area contributed by atoms with Crippen molar-refractivity contribution in [3.8, 4) is 11.5 Å². The van der Waals surface area contributed by atoms with E-state index in [1.807, 2.05) is 60.7 Å². The third-order valence-corrected chi connectivity index (χ3v) is 4.56. The molecule has 3 aromatic rings. The Bertz CT molecular complexity index is 1040. The lowest BCUT2D eigenvalue weighted by atomic mass is 9.99. The van der Waals surface area contributed by atoms with Crippen molar-refractivity contribution in [2.45, 2.75) is 19.1 Å². The maximum atomic E-state index is 6.28. The second-order valence-corrected chi connectivity index (χ2v) is 6.74. The molecule has 2 N–H and O–H groups in total. The lowest BCUT2D eigenvalue weighted by Crippen LogP contribution is -2.18. The summed E-state index contributed by atoms with van der Waals surface area (Å²) in [6, 6.07) is 25.8. The minimum atomic E-state index is -0.577. The summed E-state index contributed by atoms with van der Waals surface area (Å²) in [6.07, 6.45) is -0.577. The predicted molar refractivity (Wildman–Crippen MR) is 110 cm³/mol. The minimum Gasteiger partial charge on any atom is -0.493 e.